The van der Waals surface area contributed by atoms with Gasteiger partial charge >= 0.3 is 0 Å². The molecule has 1 N–H and O–H groups in total. The summed E-state index contributed by atoms with van der Waals surface area (Å²) in [5.74, 6) is 0. The average Bonchev–Trinajstić information content (AvgIpc) is 2.84. The molecule has 0 radical (unpaired) electrons. The van der Waals surface area contributed by atoms with Crippen LogP contribution in [0.2, 0.25) is 0 Å². The third kappa shape index (κ3) is 3.78. The van der Waals surface area contributed by atoms with E-state index < -0.39 is 6.10 Å². The van der Waals surface area contributed by atoms with Crippen molar-refractivity contribution in [1.29, 1.82) is 0 Å². The molecule has 3 nitrogen and oxygen atoms in total. The Bertz CT molecular complexity index is 391. The van der Waals surface area contributed by atoms with E-state index in [0.717, 1.165) is 19.4 Å². The van der Waals surface area contributed by atoms with E-state index in [1.807, 2.05) is 25.2 Å². The van der Waals surface area contributed by atoms with Gasteiger partial charge in [-0.1, -0.05) is 6.92 Å². The highest BCUT2D eigenvalue weighted by Gasteiger charge is 2.28. The molecule has 0 amide bonds. The Balaban J connectivity index is 1.94. The maximum Gasteiger partial charge on any atom is 0.0900 e. The van der Waals surface area contributed by atoms with E-state index in [-0.39, 0.29) is 6.10 Å². The van der Waals surface area contributed by atoms with Gasteiger partial charge in [0.2, 0.25) is 0 Å². The minimum Gasteiger partial charge on any atom is -0.389 e. The van der Waals surface area contributed by atoms with Gasteiger partial charge in [-0.15, -0.1) is 11.3 Å². The molecule has 2 rings (SSSR count). The van der Waals surface area contributed by atoms with Crippen LogP contribution in [0.25, 0.3) is 0 Å². The van der Waals surface area contributed by atoms with Crippen molar-refractivity contribution < 1.29 is 9.84 Å². The molecular formula is C15H25NO2S. The highest BCUT2D eigenvalue weighted by Crippen LogP contribution is 2.35. The van der Waals surface area contributed by atoms with Gasteiger partial charge in [0, 0.05) is 24.0 Å². The molecule has 0 aromatic carbocycles. The number of ether oxygens (including phenoxy) is 1. The second-order valence-corrected chi connectivity index (χ2v) is 6.50. The summed E-state index contributed by atoms with van der Waals surface area (Å²) in [6.45, 7) is 8.41. The van der Waals surface area contributed by atoms with Gasteiger partial charge in [0.25, 0.3) is 0 Å². The summed E-state index contributed by atoms with van der Waals surface area (Å²) < 4.78 is 5.49. The van der Waals surface area contributed by atoms with Crippen molar-refractivity contribution in [3.63, 3.8) is 0 Å². The Morgan fingerprint density at radius 3 is 3.00 bits per heavy atom. The van der Waals surface area contributed by atoms with Crippen molar-refractivity contribution >= 4 is 11.3 Å². The first-order valence-corrected chi connectivity index (χ1v) is 8.09. The highest BCUT2D eigenvalue weighted by atomic mass is 32.1. The summed E-state index contributed by atoms with van der Waals surface area (Å²) in [4.78, 5) is 3.93. The molecule has 108 valence electrons. The van der Waals surface area contributed by atoms with E-state index in [1.54, 1.807) is 0 Å². The van der Waals surface area contributed by atoms with Gasteiger partial charge < -0.3 is 9.84 Å². The van der Waals surface area contributed by atoms with Crippen LogP contribution in [-0.4, -0.2) is 41.9 Å². The van der Waals surface area contributed by atoms with E-state index in [0.29, 0.717) is 19.2 Å². The number of thiophene rings is 1. The van der Waals surface area contributed by atoms with Crippen LogP contribution in [0, 0.1) is 0 Å². The summed E-state index contributed by atoms with van der Waals surface area (Å²) in [6, 6.07) is 2.71. The third-order valence-corrected chi connectivity index (χ3v) is 4.66. The van der Waals surface area contributed by atoms with Gasteiger partial charge in [0.05, 0.1) is 18.8 Å². The highest BCUT2D eigenvalue weighted by molar-refractivity contribution is 7.10. The van der Waals surface area contributed by atoms with Crippen molar-refractivity contribution in [2.24, 2.45) is 0 Å². The maximum absolute atomic E-state index is 10.1. The molecule has 0 aliphatic carbocycles. The fraction of sp³-hybridized carbons (Fsp3) is 0.733. The molecule has 1 aromatic heterocycles. The monoisotopic (exact) mass is 283 g/mol. The van der Waals surface area contributed by atoms with Gasteiger partial charge in [-0.3, -0.25) is 4.90 Å². The number of aliphatic hydroxyl groups excluding tert-OH is 1. The van der Waals surface area contributed by atoms with Crippen molar-refractivity contribution in [3.8, 4) is 0 Å². The van der Waals surface area contributed by atoms with Gasteiger partial charge in [0.15, 0.2) is 0 Å². The Kier molecular flexibility index (Phi) is 5.39. The van der Waals surface area contributed by atoms with Crippen LogP contribution in [-0.2, 0) is 11.2 Å². The molecule has 19 heavy (non-hydrogen) atoms. The summed E-state index contributed by atoms with van der Waals surface area (Å²) >= 11 is 1.87. The number of hydrogen-bond acceptors (Lipinski definition) is 4. The topological polar surface area (TPSA) is 32.7 Å². The minimum absolute atomic E-state index is 0.182. The lowest BCUT2D eigenvalue weighted by atomic mass is 9.97. The van der Waals surface area contributed by atoms with Crippen LogP contribution < -0.4 is 0 Å². The minimum atomic E-state index is -0.392. The molecule has 0 saturated carbocycles. The molecule has 1 aliphatic rings. The number of aliphatic hydroxyl groups is 1. The summed E-state index contributed by atoms with van der Waals surface area (Å²) in [5.41, 5.74) is 1.47. The van der Waals surface area contributed by atoms with Crippen molar-refractivity contribution in [2.75, 3.05) is 19.7 Å². The lowest BCUT2D eigenvalue weighted by Crippen LogP contribution is -2.41. The van der Waals surface area contributed by atoms with Crippen LogP contribution in [0.1, 0.15) is 43.7 Å². The lowest BCUT2D eigenvalue weighted by Gasteiger charge is -2.36. The molecule has 1 aromatic rings. The molecule has 0 unspecified atom stereocenters. The number of β-amino-alcohol motifs (C(OH)–C–C–N with tert-alkyl or cyclic N) is 1. The lowest BCUT2D eigenvalue weighted by molar-refractivity contribution is -0.0157. The maximum atomic E-state index is 10.1. The molecular weight excluding hydrogens is 258 g/mol. The Morgan fingerprint density at radius 1 is 1.53 bits per heavy atom. The first-order chi connectivity index (χ1) is 9.11. The summed E-state index contributed by atoms with van der Waals surface area (Å²) in [5, 5.41) is 12.3. The number of rotatable bonds is 6. The predicted molar refractivity (Wildman–Crippen MR) is 79.7 cm³/mol. The Hall–Kier alpha value is -0.420. The molecule has 1 aliphatic heterocycles. The molecule has 0 saturated heterocycles. The summed E-state index contributed by atoms with van der Waals surface area (Å²) in [7, 11) is 0. The first kappa shape index (κ1) is 15.0. The molecule has 2 heterocycles. The fourth-order valence-electron chi connectivity index (χ4n) is 2.77. The van der Waals surface area contributed by atoms with E-state index >= 15 is 0 Å². The quantitative estimate of drug-likeness (QED) is 0.871. The van der Waals surface area contributed by atoms with Crippen molar-refractivity contribution in [3.05, 3.63) is 21.9 Å². The van der Waals surface area contributed by atoms with E-state index in [9.17, 15) is 5.11 Å². The van der Waals surface area contributed by atoms with Crippen LogP contribution >= 0.6 is 11.3 Å². The van der Waals surface area contributed by atoms with Crippen molar-refractivity contribution in [2.45, 2.75) is 51.9 Å². The zero-order chi connectivity index (χ0) is 13.8. The largest absolute Gasteiger partial charge is 0.389 e. The van der Waals surface area contributed by atoms with E-state index in [2.05, 4.69) is 23.3 Å². The second-order valence-electron chi connectivity index (χ2n) is 5.50. The van der Waals surface area contributed by atoms with Gasteiger partial charge in [-0.05, 0) is 43.7 Å². The third-order valence-electron chi connectivity index (χ3n) is 3.66. The van der Waals surface area contributed by atoms with Crippen LogP contribution in [0.4, 0.5) is 0 Å². The standard InChI is InChI=1S/C15H25NO2S/c1-4-14-13-6-8-19-15(13)5-7-16(14)9-12(17)10-18-11(2)3/h6,8,11-12,14,17H,4-5,7,9-10H2,1-3H3/t12-,14+/m1/s1. The normalized spacial score (nSPS) is 21.6. The van der Waals surface area contributed by atoms with Crippen molar-refractivity contribution in [1.82, 2.24) is 4.90 Å². The number of nitrogens with zero attached hydrogens (tertiary/aromatic N) is 1. The average molecular weight is 283 g/mol. The van der Waals surface area contributed by atoms with Crippen LogP contribution in [0.5, 0.6) is 0 Å². The number of fused-ring (bicyclic) bond motifs is 1. The van der Waals surface area contributed by atoms with Crippen LogP contribution in [0.15, 0.2) is 11.4 Å². The van der Waals surface area contributed by atoms with Gasteiger partial charge in [-0.25, -0.2) is 0 Å². The molecule has 4 heteroatoms. The SMILES string of the molecule is CC[C@H]1c2ccsc2CCN1C[C@@H](O)COC(C)C. The van der Waals surface area contributed by atoms with Crippen LogP contribution in [0.3, 0.4) is 0 Å². The zero-order valence-electron chi connectivity index (χ0n) is 12.1. The van der Waals surface area contributed by atoms with Gasteiger partial charge in [0.1, 0.15) is 0 Å². The zero-order valence-corrected chi connectivity index (χ0v) is 12.9. The predicted octanol–water partition coefficient (Wildman–Crippen LogP) is 2.84. The van der Waals surface area contributed by atoms with E-state index in [4.69, 9.17) is 4.74 Å². The first-order valence-electron chi connectivity index (χ1n) is 7.21. The molecule has 0 bridgehead atoms. The Labute approximate surface area is 120 Å². The Morgan fingerprint density at radius 2 is 2.32 bits per heavy atom. The smallest absolute Gasteiger partial charge is 0.0900 e. The number of hydrogen-bond donors (Lipinski definition) is 1. The van der Waals surface area contributed by atoms with E-state index in [1.165, 1.54) is 10.4 Å². The molecule has 2 atom stereocenters. The summed E-state index contributed by atoms with van der Waals surface area (Å²) in [6.07, 6.45) is 2.00. The second kappa shape index (κ2) is 6.84. The molecule has 0 fully saturated rings. The fourth-order valence-corrected chi connectivity index (χ4v) is 3.70. The van der Waals surface area contributed by atoms with Gasteiger partial charge in [-0.2, -0.15) is 0 Å². The molecule has 0 spiro atoms.